The molecule has 4 aliphatic rings. The van der Waals surface area contributed by atoms with Gasteiger partial charge in [-0.1, -0.05) is 6.07 Å². The normalized spacial score (nSPS) is 24.6. The lowest BCUT2D eigenvalue weighted by molar-refractivity contribution is 0.0122. The molecule has 0 aliphatic carbocycles. The second-order valence-electron chi connectivity index (χ2n) is 15.4. The third-order valence-electron chi connectivity index (χ3n) is 10.8. The molecule has 0 N–H and O–H groups in total. The molecule has 1 amide bonds. The zero-order valence-electron chi connectivity index (χ0n) is 29.8. The number of hydrogen-bond donors (Lipinski definition) is 0. The standard InChI is InChI=1S/C38H43F3N6O5/c1-37(2,3)52-36(48)47-24-8-9-25(47)19-45(18-24)34-28-15-29(40)30(27-14-26(51-21-49-4)13-22-7-5-11-42-32(22)27)31(41)33(28)43-35(44-34)50-20-38-10-6-12-46(38)17-23(39)16-38/h5,7,11,13-15,23-25H,6,8-10,12,16-21H2,1-4H3/t23-,24-,25+,38+/m1/s1. The summed E-state index contributed by atoms with van der Waals surface area (Å²) < 4.78 is 71.0. The molecule has 52 heavy (non-hydrogen) atoms. The molecule has 8 rings (SSSR count). The van der Waals surface area contributed by atoms with E-state index in [2.05, 4.69) is 14.9 Å². The zero-order valence-corrected chi connectivity index (χ0v) is 29.8. The number of ether oxygens (including phenoxy) is 4. The number of pyridine rings is 1. The SMILES string of the molecule is COCOc1cc(-c2c(F)cc3c(N4C[C@H]5CC[C@@H](C4)N5C(=O)OC(C)(C)C)nc(OC[C@@]45CCCN4C[C@H](F)C5)nc3c2F)c2ncccc2c1. The van der Waals surface area contributed by atoms with Crippen LogP contribution in [0.5, 0.6) is 11.8 Å². The number of amides is 1. The van der Waals surface area contributed by atoms with Crippen LogP contribution in [0.2, 0.25) is 0 Å². The summed E-state index contributed by atoms with van der Waals surface area (Å²) in [6.07, 6.45) is 3.78. The number of halogens is 3. The highest BCUT2D eigenvalue weighted by Crippen LogP contribution is 2.43. The van der Waals surface area contributed by atoms with Gasteiger partial charge in [-0.15, -0.1) is 0 Å². The maximum Gasteiger partial charge on any atom is 0.410 e. The lowest BCUT2D eigenvalue weighted by Gasteiger charge is -2.42. The van der Waals surface area contributed by atoms with Crippen LogP contribution in [0.1, 0.15) is 52.9 Å². The average molecular weight is 721 g/mol. The summed E-state index contributed by atoms with van der Waals surface area (Å²) in [5, 5.41) is 0.796. The Morgan fingerprint density at radius 3 is 2.58 bits per heavy atom. The van der Waals surface area contributed by atoms with Crippen LogP contribution in [0.25, 0.3) is 32.9 Å². The van der Waals surface area contributed by atoms with Crippen LogP contribution >= 0.6 is 0 Å². The number of methoxy groups -OCH3 is 1. The van der Waals surface area contributed by atoms with Gasteiger partial charge < -0.3 is 23.8 Å². The number of aromatic nitrogens is 3. The molecule has 4 atom stereocenters. The average Bonchev–Trinajstić information content (AvgIpc) is 3.72. The van der Waals surface area contributed by atoms with Crippen LogP contribution in [-0.4, -0.2) is 107 Å². The van der Waals surface area contributed by atoms with Gasteiger partial charge in [0.25, 0.3) is 0 Å². The highest BCUT2D eigenvalue weighted by Gasteiger charge is 2.50. The van der Waals surface area contributed by atoms with Gasteiger partial charge in [0, 0.05) is 55.7 Å². The number of hydrogen-bond acceptors (Lipinski definition) is 10. The summed E-state index contributed by atoms with van der Waals surface area (Å²) in [6, 6.07) is 7.60. The van der Waals surface area contributed by atoms with E-state index in [4.69, 9.17) is 23.9 Å². The van der Waals surface area contributed by atoms with Crippen molar-refractivity contribution in [2.24, 2.45) is 0 Å². The monoisotopic (exact) mass is 720 g/mol. The predicted octanol–water partition coefficient (Wildman–Crippen LogP) is 6.65. The highest BCUT2D eigenvalue weighted by molar-refractivity contribution is 6.00. The van der Waals surface area contributed by atoms with E-state index in [1.807, 2.05) is 25.7 Å². The Hall–Kier alpha value is -4.43. The fourth-order valence-corrected chi connectivity index (χ4v) is 8.61. The van der Waals surface area contributed by atoms with Crippen LogP contribution in [0.15, 0.2) is 36.5 Å². The van der Waals surface area contributed by atoms with Crippen molar-refractivity contribution in [2.75, 3.05) is 51.6 Å². The number of benzene rings is 2. The molecular formula is C38H43F3N6O5. The van der Waals surface area contributed by atoms with Gasteiger partial charge >= 0.3 is 12.1 Å². The molecule has 0 spiro atoms. The van der Waals surface area contributed by atoms with Crippen molar-refractivity contribution >= 4 is 33.7 Å². The summed E-state index contributed by atoms with van der Waals surface area (Å²) in [6.45, 7) is 7.47. The summed E-state index contributed by atoms with van der Waals surface area (Å²) in [4.78, 5) is 32.9. The van der Waals surface area contributed by atoms with Crippen molar-refractivity contribution in [1.29, 1.82) is 0 Å². The van der Waals surface area contributed by atoms with E-state index in [0.717, 1.165) is 32.2 Å². The lowest BCUT2D eigenvalue weighted by Crippen LogP contribution is -2.57. The molecule has 11 nitrogen and oxygen atoms in total. The predicted molar refractivity (Wildman–Crippen MR) is 188 cm³/mol. The van der Waals surface area contributed by atoms with Crippen molar-refractivity contribution in [2.45, 2.75) is 82.3 Å². The van der Waals surface area contributed by atoms with Crippen LogP contribution in [-0.2, 0) is 9.47 Å². The molecular weight excluding hydrogens is 677 g/mol. The minimum atomic E-state index is -0.955. The van der Waals surface area contributed by atoms with Crippen LogP contribution in [0, 0.1) is 11.6 Å². The topological polar surface area (TPSA) is 102 Å². The largest absolute Gasteiger partial charge is 0.468 e. The van der Waals surface area contributed by atoms with E-state index in [0.29, 0.717) is 48.5 Å². The van der Waals surface area contributed by atoms with Crippen molar-refractivity contribution in [3.63, 3.8) is 0 Å². The summed E-state index contributed by atoms with van der Waals surface area (Å²) in [5.74, 6) is -1.07. The number of nitrogens with zero attached hydrogens (tertiary/aromatic N) is 6. The molecule has 2 aromatic heterocycles. The molecule has 2 aromatic carbocycles. The first-order chi connectivity index (χ1) is 24.9. The second kappa shape index (κ2) is 13.2. The maximum atomic E-state index is 17.1. The number of fused-ring (bicyclic) bond motifs is 5. The first-order valence-corrected chi connectivity index (χ1v) is 17.9. The van der Waals surface area contributed by atoms with Crippen molar-refractivity contribution < 1.29 is 36.9 Å². The Balaban J connectivity index is 1.23. The summed E-state index contributed by atoms with van der Waals surface area (Å²) in [7, 11) is 1.48. The number of alkyl halides is 1. The van der Waals surface area contributed by atoms with E-state index in [-0.39, 0.29) is 59.6 Å². The third kappa shape index (κ3) is 6.23. The van der Waals surface area contributed by atoms with Crippen LogP contribution < -0.4 is 14.4 Å². The summed E-state index contributed by atoms with van der Waals surface area (Å²) >= 11 is 0. The molecule has 6 heterocycles. The highest BCUT2D eigenvalue weighted by atomic mass is 19.1. The Morgan fingerprint density at radius 1 is 1.04 bits per heavy atom. The Morgan fingerprint density at radius 2 is 1.83 bits per heavy atom. The molecule has 0 saturated carbocycles. The Labute approximate surface area is 300 Å². The van der Waals surface area contributed by atoms with Crippen LogP contribution in [0.4, 0.5) is 23.8 Å². The minimum absolute atomic E-state index is 0.0591. The van der Waals surface area contributed by atoms with E-state index in [1.165, 1.54) is 19.2 Å². The van der Waals surface area contributed by atoms with Gasteiger partial charge in [-0.25, -0.2) is 18.0 Å². The molecule has 0 radical (unpaired) electrons. The summed E-state index contributed by atoms with van der Waals surface area (Å²) in [5.41, 5.74) is -1.01. The molecule has 276 valence electrons. The Kier molecular flexibility index (Phi) is 8.80. The number of anilines is 1. The second-order valence-corrected chi connectivity index (χ2v) is 15.4. The van der Waals surface area contributed by atoms with Crippen molar-refractivity contribution in [3.05, 3.63) is 48.2 Å². The molecule has 4 aliphatic heterocycles. The quantitative estimate of drug-likeness (QED) is 0.184. The fraction of sp³-hybridized carbons (Fsp3) is 0.526. The van der Waals surface area contributed by atoms with Gasteiger partial charge in [-0.2, -0.15) is 9.97 Å². The van der Waals surface area contributed by atoms with E-state index in [1.54, 1.807) is 29.3 Å². The number of rotatable bonds is 8. The minimum Gasteiger partial charge on any atom is -0.468 e. The van der Waals surface area contributed by atoms with Crippen molar-refractivity contribution in [1.82, 2.24) is 24.8 Å². The molecule has 4 aromatic rings. The first-order valence-electron chi connectivity index (χ1n) is 17.9. The molecule has 2 bridgehead atoms. The molecule has 14 heteroatoms. The number of piperazine rings is 1. The number of carbonyl (C=O) groups is 1. The van der Waals surface area contributed by atoms with E-state index in [9.17, 15) is 9.18 Å². The molecule has 0 unspecified atom stereocenters. The first kappa shape index (κ1) is 34.6. The molecule has 4 fully saturated rings. The fourth-order valence-electron chi connectivity index (χ4n) is 8.61. The van der Waals surface area contributed by atoms with E-state index < -0.39 is 28.9 Å². The van der Waals surface area contributed by atoms with Crippen LogP contribution in [0.3, 0.4) is 0 Å². The smallest absolute Gasteiger partial charge is 0.410 e. The third-order valence-corrected chi connectivity index (χ3v) is 10.8. The van der Waals surface area contributed by atoms with Gasteiger partial charge in [0.2, 0.25) is 0 Å². The van der Waals surface area contributed by atoms with Gasteiger partial charge in [-0.3, -0.25) is 14.8 Å². The maximum absolute atomic E-state index is 17.1. The molecule has 4 saturated heterocycles. The number of carbonyl (C=O) groups excluding carboxylic acids is 1. The van der Waals surface area contributed by atoms with Gasteiger partial charge in [0.1, 0.15) is 41.3 Å². The van der Waals surface area contributed by atoms with Gasteiger partial charge in [0.15, 0.2) is 12.6 Å². The zero-order chi connectivity index (χ0) is 36.4. The van der Waals surface area contributed by atoms with Crippen molar-refractivity contribution in [3.8, 4) is 22.9 Å². The van der Waals surface area contributed by atoms with Gasteiger partial charge in [-0.05, 0) is 77.3 Å². The Bertz CT molecular complexity index is 2020. The lowest BCUT2D eigenvalue weighted by atomic mass is 9.95. The van der Waals surface area contributed by atoms with E-state index >= 15 is 8.78 Å². The van der Waals surface area contributed by atoms with Gasteiger partial charge in [0.05, 0.1) is 28.7 Å².